The van der Waals surface area contributed by atoms with Crippen LogP contribution in [0, 0.1) is 0 Å². The van der Waals surface area contributed by atoms with Gasteiger partial charge in [-0.1, -0.05) is 30.3 Å². The predicted octanol–water partition coefficient (Wildman–Crippen LogP) is 3.51. The average Bonchev–Trinajstić information content (AvgIpc) is 2.72. The Morgan fingerprint density at radius 1 is 1.08 bits per heavy atom. The van der Waals surface area contributed by atoms with Crippen LogP contribution < -0.4 is 5.32 Å². The Morgan fingerprint density at radius 3 is 2.35 bits per heavy atom. The Bertz CT molecular complexity index is 691. The molecule has 1 N–H and O–H groups in total. The predicted molar refractivity (Wildman–Crippen MR) is 108 cm³/mol. The molecule has 138 valence electrons. The second kappa shape index (κ2) is 8.86. The van der Waals surface area contributed by atoms with E-state index in [1.165, 1.54) is 5.56 Å². The molecule has 0 saturated carbocycles. The summed E-state index contributed by atoms with van der Waals surface area (Å²) in [6.07, 6.45) is 3.17. The number of hydrogen-bond acceptors (Lipinski definition) is 3. The zero-order valence-electron chi connectivity index (χ0n) is 15.8. The van der Waals surface area contributed by atoms with Crippen LogP contribution in [0.1, 0.15) is 28.8 Å². The second-order valence-corrected chi connectivity index (χ2v) is 7.07. The molecule has 4 heteroatoms. The Labute approximate surface area is 156 Å². The van der Waals surface area contributed by atoms with Gasteiger partial charge in [0.25, 0.3) is 5.91 Å². The molecule has 2 aromatic rings. The van der Waals surface area contributed by atoms with E-state index < -0.39 is 0 Å². The Morgan fingerprint density at radius 2 is 1.73 bits per heavy atom. The first-order valence-corrected chi connectivity index (χ1v) is 9.48. The standard InChI is InChI=1S/C22H29N3O/c1-23-20-10-8-19(9-11-20)22(26)25-16-13-21(14-17-25)24(2)15-12-18-6-4-3-5-7-18/h3-11,21,23H,12-17H2,1-2H3. The number of likely N-dealkylation sites (tertiary alicyclic amines) is 1. The number of carbonyl (C=O) groups excluding carboxylic acids is 1. The van der Waals surface area contributed by atoms with Crippen molar-refractivity contribution < 1.29 is 4.79 Å². The van der Waals surface area contributed by atoms with Crippen molar-refractivity contribution >= 4 is 11.6 Å². The highest BCUT2D eigenvalue weighted by Crippen LogP contribution is 2.19. The van der Waals surface area contributed by atoms with E-state index in [1.807, 2.05) is 36.2 Å². The maximum atomic E-state index is 12.7. The van der Waals surface area contributed by atoms with Gasteiger partial charge in [-0.25, -0.2) is 0 Å². The van der Waals surface area contributed by atoms with Crippen molar-refractivity contribution in [3.05, 3.63) is 65.7 Å². The van der Waals surface area contributed by atoms with E-state index in [0.717, 1.165) is 50.1 Å². The lowest BCUT2D eigenvalue weighted by Crippen LogP contribution is -2.46. The average molecular weight is 351 g/mol. The number of carbonyl (C=O) groups is 1. The quantitative estimate of drug-likeness (QED) is 0.865. The summed E-state index contributed by atoms with van der Waals surface area (Å²) in [6.45, 7) is 2.74. The van der Waals surface area contributed by atoms with Gasteiger partial charge in [0.2, 0.25) is 0 Å². The molecule has 1 aliphatic rings. The third-order valence-electron chi connectivity index (χ3n) is 5.39. The summed E-state index contributed by atoms with van der Waals surface area (Å²) in [7, 11) is 4.09. The van der Waals surface area contributed by atoms with E-state index >= 15 is 0 Å². The van der Waals surface area contributed by atoms with Gasteiger partial charge in [-0.15, -0.1) is 0 Å². The molecule has 3 rings (SSSR count). The van der Waals surface area contributed by atoms with Crippen molar-refractivity contribution in [1.82, 2.24) is 9.80 Å². The van der Waals surface area contributed by atoms with Crippen LogP contribution in [-0.4, -0.2) is 55.5 Å². The summed E-state index contributed by atoms with van der Waals surface area (Å²) < 4.78 is 0. The van der Waals surface area contributed by atoms with E-state index in [-0.39, 0.29) is 5.91 Å². The van der Waals surface area contributed by atoms with E-state index in [2.05, 4.69) is 47.6 Å². The SMILES string of the molecule is CNc1ccc(C(=O)N2CCC(N(C)CCc3ccccc3)CC2)cc1. The van der Waals surface area contributed by atoms with Gasteiger partial charge < -0.3 is 15.1 Å². The van der Waals surface area contributed by atoms with Crippen molar-refractivity contribution in [2.75, 3.05) is 39.0 Å². The van der Waals surface area contributed by atoms with E-state index in [0.29, 0.717) is 6.04 Å². The lowest BCUT2D eigenvalue weighted by Gasteiger charge is -2.37. The smallest absolute Gasteiger partial charge is 0.253 e. The maximum Gasteiger partial charge on any atom is 0.253 e. The molecule has 1 amide bonds. The largest absolute Gasteiger partial charge is 0.388 e. The van der Waals surface area contributed by atoms with Crippen molar-refractivity contribution in [3.63, 3.8) is 0 Å². The number of hydrogen-bond donors (Lipinski definition) is 1. The molecule has 1 saturated heterocycles. The molecular weight excluding hydrogens is 322 g/mol. The van der Waals surface area contributed by atoms with Crippen LogP contribution in [-0.2, 0) is 6.42 Å². The first-order chi connectivity index (χ1) is 12.7. The van der Waals surface area contributed by atoms with Crippen LogP contribution in [0.5, 0.6) is 0 Å². The van der Waals surface area contributed by atoms with Gasteiger partial charge in [0.15, 0.2) is 0 Å². The van der Waals surface area contributed by atoms with Crippen LogP contribution in [0.15, 0.2) is 54.6 Å². The summed E-state index contributed by atoms with van der Waals surface area (Å²) in [5.74, 6) is 0.151. The molecule has 0 aromatic heterocycles. The molecule has 0 spiro atoms. The number of nitrogens with one attached hydrogen (secondary N) is 1. The molecule has 0 unspecified atom stereocenters. The fourth-order valence-corrected chi connectivity index (χ4v) is 3.60. The lowest BCUT2D eigenvalue weighted by molar-refractivity contribution is 0.0647. The first kappa shape index (κ1) is 18.5. The minimum atomic E-state index is 0.151. The topological polar surface area (TPSA) is 35.6 Å². The zero-order chi connectivity index (χ0) is 18.4. The molecule has 0 bridgehead atoms. The molecule has 1 heterocycles. The number of likely N-dealkylation sites (N-methyl/N-ethyl adjacent to an activating group) is 1. The highest BCUT2D eigenvalue weighted by molar-refractivity contribution is 5.94. The summed E-state index contributed by atoms with van der Waals surface area (Å²) in [5, 5.41) is 3.08. The van der Waals surface area contributed by atoms with Crippen LogP contribution in [0.25, 0.3) is 0 Å². The highest BCUT2D eigenvalue weighted by atomic mass is 16.2. The molecule has 2 aromatic carbocycles. The Kier molecular flexibility index (Phi) is 6.29. The number of rotatable bonds is 6. The third-order valence-corrected chi connectivity index (χ3v) is 5.39. The summed E-state index contributed by atoms with van der Waals surface area (Å²) >= 11 is 0. The van der Waals surface area contributed by atoms with Crippen LogP contribution in [0.2, 0.25) is 0 Å². The van der Waals surface area contributed by atoms with E-state index in [1.54, 1.807) is 0 Å². The van der Waals surface area contributed by atoms with Crippen LogP contribution in [0.3, 0.4) is 0 Å². The molecule has 0 aliphatic carbocycles. The number of nitrogens with zero attached hydrogens (tertiary/aromatic N) is 2. The van der Waals surface area contributed by atoms with Crippen molar-refractivity contribution in [2.45, 2.75) is 25.3 Å². The van der Waals surface area contributed by atoms with Crippen molar-refractivity contribution in [1.29, 1.82) is 0 Å². The van der Waals surface area contributed by atoms with Gasteiger partial charge in [0.05, 0.1) is 0 Å². The van der Waals surface area contributed by atoms with E-state index in [9.17, 15) is 4.79 Å². The van der Waals surface area contributed by atoms with Crippen LogP contribution >= 0.6 is 0 Å². The molecule has 4 nitrogen and oxygen atoms in total. The Hall–Kier alpha value is -2.33. The zero-order valence-corrected chi connectivity index (χ0v) is 15.8. The minimum absolute atomic E-state index is 0.151. The first-order valence-electron chi connectivity index (χ1n) is 9.48. The summed E-state index contributed by atoms with van der Waals surface area (Å²) in [6, 6.07) is 18.9. The number of amides is 1. The summed E-state index contributed by atoms with van der Waals surface area (Å²) in [4.78, 5) is 17.1. The number of piperidine rings is 1. The molecule has 0 atom stereocenters. The van der Waals surface area contributed by atoms with Crippen LogP contribution in [0.4, 0.5) is 5.69 Å². The van der Waals surface area contributed by atoms with Crippen molar-refractivity contribution in [2.24, 2.45) is 0 Å². The molecule has 0 radical (unpaired) electrons. The Balaban J connectivity index is 1.47. The third kappa shape index (κ3) is 4.64. The van der Waals surface area contributed by atoms with Gasteiger partial charge in [0, 0.05) is 44.0 Å². The van der Waals surface area contributed by atoms with Gasteiger partial charge >= 0.3 is 0 Å². The van der Waals surface area contributed by atoms with Crippen molar-refractivity contribution in [3.8, 4) is 0 Å². The van der Waals surface area contributed by atoms with Gasteiger partial charge in [-0.3, -0.25) is 4.79 Å². The number of benzene rings is 2. The lowest BCUT2D eigenvalue weighted by atomic mass is 10.0. The highest BCUT2D eigenvalue weighted by Gasteiger charge is 2.25. The summed E-state index contributed by atoms with van der Waals surface area (Å²) in [5.41, 5.74) is 3.19. The fourth-order valence-electron chi connectivity index (χ4n) is 3.60. The minimum Gasteiger partial charge on any atom is -0.388 e. The number of anilines is 1. The van der Waals surface area contributed by atoms with E-state index in [4.69, 9.17) is 0 Å². The molecule has 1 aliphatic heterocycles. The second-order valence-electron chi connectivity index (χ2n) is 7.07. The molecule has 26 heavy (non-hydrogen) atoms. The normalized spacial score (nSPS) is 15.3. The monoisotopic (exact) mass is 351 g/mol. The maximum absolute atomic E-state index is 12.7. The molecular formula is C22H29N3O. The van der Waals surface area contributed by atoms with Gasteiger partial charge in [-0.2, -0.15) is 0 Å². The molecule has 1 fully saturated rings. The van der Waals surface area contributed by atoms with Gasteiger partial charge in [-0.05, 0) is 56.1 Å². The van der Waals surface area contributed by atoms with Gasteiger partial charge in [0.1, 0.15) is 0 Å². The fraction of sp³-hybridized carbons (Fsp3) is 0.409.